The second kappa shape index (κ2) is 10.3. The van der Waals surface area contributed by atoms with Crippen LogP contribution in [0.1, 0.15) is 11.1 Å². The van der Waals surface area contributed by atoms with Gasteiger partial charge in [0.25, 0.3) is 0 Å². The van der Waals surface area contributed by atoms with Crippen LogP contribution in [0.5, 0.6) is 0 Å². The van der Waals surface area contributed by atoms with E-state index in [1.165, 1.54) is 18.2 Å². The highest BCUT2D eigenvalue weighted by molar-refractivity contribution is 7.75. The van der Waals surface area contributed by atoms with Crippen LogP contribution in [-0.2, 0) is 26.6 Å². The lowest BCUT2D eigenvalue weighted by Gasteiger charge is -2.27. The number of hydrogen-bond donors (Lipinski definition) is 3. The molecule has 0 aliphatic carbocycles. The van der Waals surface area contributed by atoms with Gasteiger partial charge in [0.1, 0.15) is 0 Å². The van der Waals surface area contributed by atoms with Crippen LogP contribution in [0, 0.1) is 13.8 Å². The van der Waals surface area contributed by atoms with Crippen molar-refractivity contribution in [2.75, 3.05) is 13.9 Å². The molecule has 10 heteroatoms. The SMILES string of the molecule is C=CC(=O)Nc1ccc(N(c2ccc(C)cc2)[SH](=O)=O)c(N(c2ccc(C)cc2)[SH](=O)=O)c1. The van der Waals surface area contributed by atoms with Gasteiger partial charge < -0.3 is 5.32 Å². The summed E-state index contributed by atoms with van der Waals surface area (Å²) in [4.78, 5) is 11.8. The van der Waals surface area contributed by atoms with E-state index in [-0.39, 0.29) is 17.1 Å². The Bertz CT molecular complexity index is 1320. The van der Waals surface area contributed by atoms with Crippen molar-refractivity contribution in [1.29, 1.82) is 0 Å². The standard InChI is InChI=1S/C23H23N3O5S2/c1-4-23(27)24-18-9-14-21(25(32(28)29)19-10-5-16(2)6-11-19)22(15-18)26(33(30)31)20-12-7-17(3)8-13-20/h4-15,32-33H,1H2,2-3H3,(H,24,27). The molecule has 0 unspecified atom stereocenters. The number of carbonyl (C=O) groups excluding carboxylic acids is 1. The van der Waals surface area contributed by atoms with Gasteiger partial charge in [0.15, 0.2) is 0 Å². The van der Waals surface area contributed by atoms with Crippen molar-refractivity contribution in [3.05, 3.63) is 90.5 Å². The highest BCUT2D eigenvalue weighted by Crippen LogP contribution is 2.40. The summed E-state index contributed by atoms with van der Waals surface area (Å²) in [5.41, 5.74) is 2.95. The number of hydrogen-bond acceptors (Lipinski definition) is 5. The highest BCUT2D eigenvalue weighted by atomic mass is 32.2. The van der Waals surface area contributed by atoms with E-state index in [9.17, 15) is 21.6 Å². The van der Waals surface area contributed by atoms with Gasteiger partial charge in [0, 0.05) is 5.69 Å². The van der Waals surface area contributed by atoms with Crippen molar-refractivity contribution in [1.82, 2.24) is 0 Å². The Morgan fingerprint density at radius 2 is 1.21 bits per heavy atom. The van der Waals surface area contributed by atoms with Crippen molar-refractivity contribution in [2.45, 2.75) is 13.8 Å². The van der Waals surface area contributed by atoms with Crippen LogP contribution < -0.4 is 13.9 Å². The zero-order valence-corrected chi connectivity index (χ0v) is 19.8. The predicted molar refractivity (Wildman–Crippen MR) is 133 cm³/mol. The molecule has 0 bridgehead atoms. The fraction of sp³-hybridized carbons (Fsp3) is 0.0870. The largest absolute Gasteiger partial charge is 0.322 e. The zero-order valence-electron chi connectivity index (χ0n) is 18.0. The predicted octanol–water partition coefficient (Wildman–Crippen LogP) is 3.76. The molecule has 8 nitrogen and oxygen atoms in total. The summed E-state index contributed by atoms with van der Waals surface area (Å²) in [6, 6.07) is 17.8. The first-order valence-electron chi connectivity index (χ1n) is 9.81. The molecule has 0 atom stereocenters. The minimum atomic E-state index is -3.22. The average Bonchev–Trinajstić information content (AvgIpc) is 2.77. The fourth-order valence-corrected chi connectivity index (χ4v) is 4.48. The first kappa shape index (κ1) is 24.0. The fourth-order valence-electron chi connectivity index (χ4n) is 3.16. The van der Waals surface area contributed by atoms with Crippen molar-refractivity contribution in [2.24, 2.45) is 0 Å². The molecule has 0 saturated carbocycles. The lowest BCUT2D eigenvalue weighted by molar-refractivity contribution is -0.111. The summed E-state index contributed by atoms with van der Waals surface area (Å²) >= 11 is 0. The molecule has 33 heavy (non-hydrogen) atoms. The Kier molecular flexibility index (Phi) is 7.52. The maximum absolute atomic E-state index is 12.4. The maximum Gasteiger partial charge on any atom is 0.247 e. The van der Waals surface area contributed by atoms with E-state index in [0.29, 0.717) is 11.4 Å². The van der Waals surface area contributed by atoms with E-state index in [0.717, 1.165) is 25.8 Å². The Morgan fingerprint density at radius 1 is 0.758 bits per heavy atom. The molecule has 0 heterocycles. The number of nitrogens with zero attached hydrogens (tertiary/aromatic N) is 2. The number of benzene rings is 3. The second-order valence-corrected chi connectivity index (χ2v) is 8.92. The summed E-state index contributed by atoms with van der Waals surface area (Å²) in [6.07, 6.45) is 1.08. The molecular formula is C23H23N3O5S2. The van der Waals surface area contributed by atoms with E-state index >= 15 is 0 Å². The molecule has 0 aliphatic heterocycles. The maximum atomic E-state index is 12.4. The van der Waals surface area contributed by atoms with Crippen LogP contribution in [0.3, 0.4) is 0 Å². The minimum absolute atomic E-state index is 0.0524. The molecule has 0 fully saturated rings. The van der Waals surface area contributed by atoms with E-state index in [2.05, 4.69) is 11.9 Å². The average molecular weight is 486 g/mol. The third-order valence-electron chi connectivity index (χ3n) is 4.77. The number of anilines is 5. The molecule has 3 rings (SSSR count). The van der Waals surface area contributed by atoms with Gasteiger partial charge in [-0.05, 0) is 62.4 Å². The molecule has 0 aliphatic rings. The molecule has 0 spiro atoms. The molecule has 0 saturated heterocycles. The first-order valence-corrected chi connectivity index (χ1v) is 12.1. The van der Waals surface area contributed by atoms with Crippen LogP contribution in [0.2, 0.25) is 0 Å². The van der Waals surface area contributed by atoms with Gasteiger partial charge in [-0.25, -0.2) is 25.4 Å². The van der Waals surface area contributed by atoms with Crippen molar-refractivity contribution in [3.8, 4) is 0 Å². The molecule has 3 aromatic rings. The van der Waals surface area contributed by atoms with Gasteiger partial charge in [-0.2, -0.15) is 0 Å². The number of carbonyl (C=O) groups is 1. The molecule has 172 valence electrons. The quantitative estimate of drug-likeness (QED) is 0.333. The van der Waals surface area contributed by atoms with Gasteiger partial charge in [0.05, 0.1) is 22.7 Å². The second-order valence-electron chi connectivity index (χ2n) is 7.17. The summed E-state index contributed by atoms with van der Waals surface area (Å²) in [5.74, 6) is -0.493. The summed E-state index contributed by atoms with van der Waals surface area (Å²) in [7, 11) is -6.40. The Balaban J connectivity index is 2.28. The van der Waals surface area contributed by atoms with E-state index in [4.69, 9.17) is 0 Å². The zero-order chi connectivity index (χ0) is 24.1. The van der Waals surface area contributed by atoms with Gasteiger partial charge >= 0.3 is 0 Å². The lowest BCUT2D eigenvalue weighted by atomic mass is 10.1. The van der Waals surface area contributed by atoms with Crippen LogP contribution in [0.15, 0.2) is 79.4 Å². The Labute approximate surface area is 195 Å². The number of rotatable bonds is 8. The number of thiol groups is 2. The van der Waals surface area contributed by atoms with Gasteiger partial charge in [-0.3, -0.25) is 4.79 Å². The van der Waals surface area contributed by atoms with Crippen LogP contribution in [0.25, 0.3) is 0 Å². The monoisotopic (exact) mass is 485 g/mol. The topological polar surface area (TPSA) is 104 Å². The third kappa shape index (κ3) is 5.60. The number of amides is 1. The van der Waals surface area contributed by atoms with E-state index in [1.807, 2.05) is 13.8 Å². The number of nitrogens with one attached hydrogen (secondary N) is 1. The molecule has 0 aromatic heterocycles. The molecule has 1 amide bonds. The molecular weight excluding hydrogens is 462 g/mol. The molecule has 0 radical (unpaired) electrons. The Hall–Kier alpha value is -3.63. The highest BCUT2D eigenvalue weighted by Gasteiger charge is 2.23. The van der Waals surface area contributed by atoms with Crippen LogP contribution in [0.4, 0.5) is 28.4 Å². The smallest absolute Gasteiger partial charge is 0.247 e. The van der Waals surface area contributed by atoms with Crippen molar-refractivity contribution >= 4 is 56.1 Å². The normalized spacial score (nSPS) is 10.8. The third-order valence-corrected chi connectivity index (χ3v) is 6.31. The van der Waals surface area contributed by atoms with Crippen molar-refractivity contribution < 1.29 is 21.6 Å². The van der Waals surface area contributed by atoms with E-state index < -0.39 is 27.7 Å². The van der Waals surface area contributed by atoms with Gasteiger partial charge in [-0.15, -0.1) is 0 Å². The molecule has 1 N–H and O–H groups in total. The first-order chi connectivity index (χ1) is 15.7. The summed E-state index contributed by atoms with van der Waals surface area (Å²) < 4.78 is 51.5. The molecule has 3 aromatic carbocycles. The number of aryl methyl sites for hydroxylation is 2. The minimum Gasteiger partial charge on any atom is -0.322 e. The Morgan fingerprint density at radius 3 is 1.64 bits per heavy atom. The van der Waals surface area contributed by atoms with Crippen molar-refractivity contribution in [3.63, 3.8) is 0 Å². The van der Waals surface area contributed by atoms with Gasteiger partial charge in [-0.1, -0.05) is 42.0 Å². The lowest BCUT2D eigenvalue weighted by Crippen LogP contribution is -2.21. The summed E-state index contributed by atoms with van der Waals surface area (Å²) in [5, 5.41) is 2.58. The van der Waals surface area contributed by atoms with Crippen LogP contribution in [-0.4, -0.2) is 22.7 Å². The summed E-state index contributed by atoms with van der Waals surface area (Å²) in [6.45, 7) is 7.14. The van der Waals surface area contributed by atoms with Gasteiger partial charge in [0.2, 0.25) is 27.7 Å². The van der Waals surface area contributed by atoms with Crippen LogP contribution >= 0.6 is 0 Å². The van der Waals surface area contributed by atoms with E-state index in [1.54, 1.807) is 48.5 Å².